The van der Waals surface area contributed by atoms with Gasteiger partial charge in [-0.2, -0.15) is 0 Å². The Hall–Kier alpha value is -4.37. The number of rotatable bonds is 6. The second-order valence-electron chi connectivity index (χ2n) is 16.1. The summed E-state index contributed by atoms with van der Waals surface area (Å²) < 4.78 is 0. The van der Waals surface area contributed by atoms with E-state index in [1.165, 1.54) is 60.9 Å². The fourth-order valence-corrected chi connectivity index (χ4v) is 10.2. The number of hydrogen-bond donors (Lipinski definition) is 2. The number of fused-ring (bicyclic) bond motifs is 2. The summed E-state index contributed by atoms with van der Waals surface area (Å²) in [4.78, 5) is 46.4. The van der Waals surface area contributed by atoms with Crippen molar-refractivity contribution in [1.82, 2.24) is 15.1 Å². The first-order valence-electron chi connectivity index (χ1n) is 19.3. The summed E-state index contributed by atoms with van der Waals surface area (Å²) in [5.74, 6) is 0.780. The number of nitrogens with zero attached hydrogens (tertiary/aromatic N) is 4. The lowest BCUT2D eigenvalue weighted by Crippen LogP contribution is -2.52. The molecule has 0 bridgehead atoms. The van der Waals surface area contributed by atoms with Crippen molar-refractivity contribution in [2.75, 3.05) is 55.6 Å². The zero-order valence-electron chi connectivity index (χ0n) is 29.5. The molecular formula is C42H49N5O4. The van der Waals surface area contributed by atoms with Gasteiger partial charge in [-0.05, 0) is 121 Å². The van der Waals surface area contributed by atoms with Crippen LogP contribution in [0.5, 0.6) is 5.75 Å². The van der Waals surface area contributed by atoms with Gasteiger partial charge in [0.05, 0.1) is 0 Å². The second kappa shape index (κ2) is 13.0. The summed E-state index contributed by atoms with van der Waals surface area (Å²) >= 11 is 0. The number of phenols is 1. The van der Waals surface area contributed by atoms with E-state index in [1.807, 2.05) is 24.3 Å². The van der Waals surface area contributed by atoms with Crippen molar-refractivity contribution in [1.29, 1.82) is 0 Å². The molecule has 1 spiro atoms. The maximum absolute atomic E-state index is 13.1. The lowest BCUT2D eigenvalue weighted by molar-refractivity contribution is -0.136. The highest BCUT2D eigenvalue weighted by molar-refractivity contribution is 6.05. The molecule has 2 atom stereocenters. The normalized spacial score (nSPS) is 25.1. The number of anilines is 2. The van der Waals surface area contributed by atoms with E-state index >= 15 is 0 Å². The van der Waals surface area contributed by atoms with Crippen molar-refractivity contribution in [3.05, 3.63) is 88.5 Å². The number of imide groups is 1. The quantitative estimate of drug-likeness (QED) is 0.334. The molecule has 1 saturated carbocycles. The molecule has 3 saturated heterocycles. The Labute approximate surface area is 300 Å². The molecule has 2 N–H and O–H groups in total. The van der Waals surface area contributed by atoms with Crippen molar-refractivity contribution in [2.45, 2.75) is 76.3 Å². The summed E-state index contributed by atoms with van der Waals surface area (Å²) in [7, 11) is 0. The van der Waals surface area contributed by atoms with E-state index in [0.29, 0.717) is 41.5 Å². The minimum atomic E-state index is -0.580. The van der Waals surface area contributed by atoms with Gasteiger partial charge in [0, 0.05) is 81.6 Å². The van der Waals surface area contributed by atoms with Crippen LogP contribution in [0.15, 0.2) is 60.7 Å². The van der Waals surface area contributed by atoms with Gasteiger partial charge in [0.15, 0.2) is 0 Å². The van der Waals surface area contributed by atoms with E-state index in [1.54, 1.807) is 4.90 Å². The highest BCUT2D eigenvalue weighted by atomic mass is 16.3. The number of aryl methyl sites for hydroxylation is 1. The number of amides is 3. The zero-order chi connectivity index (χ0) is 34.7. The predicted octanol–water partition coefficient (Wildman–Crippen LogP) is 5.44. The largest absolute Gasteiger partial charge is 0.508 e. The van der Waals surface area contributed by atoms with E-state index in [2.05, 4.69) is 56.4 Å². The maximum atomic E-state index is 13.1. The van der Waals surface area contributed by atoms with Gasteiger partial charge in [0.1, 0.15) is 11.8 Å². The molecule has 3 aromatic carbocycles. The van der Waals surface area contributed by atoms with Crippen LogP contribution in [0, 0.1) is 11.3 Å². The minimum Gasteiger partial charge on any atom is -0.508 e. The Morgan fingerprint density at radius 3 is 2.22 bits per heavy atom. The number of hydrogen-bond acceptors (Lipinski definition) is 7. The number of nitrogens with one attached hydrogen (secondary N) is 1. The monoisotopic (exact) mass is 687 g/mol. The van der Waals surface area contributed by atoms with E-state index in [-0.39, 0.29) is 24.1 Å². The van der Waals surface area contributed by atoms with Crippen LogP contribution in [0.2, 0.25) is 0 Å². The fraction of sp³-hybridized carbons (Fsp3) is 0.500. The summed E-state index contributed by atoms with van der Waals surface area (Å²) in [6.45, 7) is 7.76. The molecular weight excluding hydrogens is 638 g/mol. The smallest absolute Gasteiger partial charge is 0.255 e. The third-order valence-electron chi connectivity index (χ3n) is 13.3. The number of carbonyl (C=O) groups is 3. The molecule has 3 amide bonds. The molecule has 266 valence electrons. The third kappa shape index (κ3) is 5.97. The lowest BCUT2D eigenvalue weighted by Gasteiger charge is -2.52. The Bertz CT molecular complexity index is 1840. The van der Waals surface area contributed by atoms with Gasteiger partial charge < -0.3 is 19.8 Å². The summed E-state index contributed by atoms with van der Waals surface area (Å²) in [6.07, 6.45) is 9.34. The van der Waals surface area contributed by atoms with Crippen LogP contribution in [0.4, 0.5) is 11.4 Å². The van der Waals surface area contributed by atoms with Gasteiger partial charge in [-0.25, -0.2) is 0 Å². The fourth-order valence-electron chi connectivity index (χ4n) is 10.2. The van der Waals surface area contributed by atoms with Crippen molar-refractivity contribution >= 4 is 29.1 Å². The van der Waals surface area contributed by atoms with Gasteiger partial charge in [-0.15, -0.1) is 0 Å². The van der Waals surface area contributed by atoms with Crippen LogP contribution in [0.3, 0.4) is 0 Å². The van der Waals surface area contributed by atoms with Crippen LogP contribution in [-0.4, -0.2) is 84.5 Å². The molecule has 6 aliphatic rings. The van der Waals surface area contributed by atoms with Crippen molar-refractivity contribution in [3.63, 3.8) is 0 Å². The molecule has 9 rings (SSSR count). The second-order valence-corrected chi connectivity index (χ2v) is 16.1. The van der Waals surface area contributed by atoms with Gasteiger partial charge in [0.25, 0.3) is 5.91 Å². The highest BCUT2D eigenvalue weighted by Crippen LogP contribution is 2.60. The van der Waals surface area contributed by atoms with Crippen LogP contribution >= 0.6 is 0 Å². The molecule has 2 aliphatic carbocycles. The van der Waals surface area contributed by atoms with E-state index in [9.17, 15) is 19.5 Å². The molecule has 9 heteroatoms. The van der Waals surface area contributed by atoms with Gasteiger partial charge in [-0.1, -0.05) is 24.6 Å². The Morgan fingerprint density at radius 1 is 0.745 bits per heavy atom. The Kier molecular flexibility index (Phi) is 8.29. The highest BCUT2D eigenvalue weighted by Gasteiger charge is 2.48. The molecule has 4 aliphatic heterocycles. The first-order chi connectivity index (χ1) is 24.8. The number of benzene rings is 3. The van der Waals surface area contributed by atoms with Gasteiger partial charge in [0.2, 0.25) is 11.8 Å². The Morgan fingerprint density at radius 2 is 1.49 bits per heavy atom. The molecule has 3 aromatic rings. The van der Waals surface area contributed by atoms with Crippen LogP contribution in [-0.2, 0) is 22.6 Å². The summed E-state index contributed by atoms with van der Waals surface area (Å²) in [6, 6.07) is 21.1. The standard InChI is InChI=1S/C42H49N5O4/c48-34-7-9-35-30(25-34)12-17-42(15-1-16-42)39(35)29-2-4-32(5-3-29)45-18-13-28(14-19-45)26-44-20-22-46(23-21-44)33-6-8-36-31(24-33)27-47(41(36)51)37-10-11-38(49)43-40(37)50/h2-9,24-25,28,37,39,48H,1,10-23,26-27H2,(H,43,49,50)/t37-,39-/m1/s1. The third-order valence-corrected chi connectivity index (χ3v) is 13.3. The molecule has 9 nitrogen and oxygen atoms in total. The van der Waals surface area contributed by atoms with Crippen LogP contribution in [0.1, 0.15) is 89.9 Å². The lowest BCUT2D eigenvalue weighted by atomic mass is 9.52. The molecule has 0 aromatic heterocycles. The van der Waals surface area contributed by atoms with Crippen molar-refractivity contribution in [2.24, 2.45) is 11.3 Å². The van der Waals surface area contributed by atoms with Gasteiger partial charge in [-0.3, -0.25) is 24.6 Å². The first-order valence-corrected chi connectivity index (χ1v) is 19.3. The van der Waals surface area contributed by atoms with E-state index in [4.69, 9.17) is 0 Å². The Balaban J connectivity index is 0.769. The molecule has 51 heavy (non-hydrogen) atoms. The summed E-state index contributed by atoms with van der Waals surface area (Å²) in [5.41, 5.74) is 8.69. The van der Waals surface area contributed by atoms with Crippen LogP contribution < -0.4 is 15.1 Å². The minimum absolute atomic E-state index is 0.117. The number of piperidine rings is 2. The van der Waals surface area contributed by atoms with Crippen molar-refractivity contribution in [3.8, 4) is 5.75 Å². The molecule has 4 fully saturated rings. The number of phenolic OH excluding ortho intramolecular Hbond substituents is 1. The molecule has 4 heterocycles. The van der Waals surface area contributed by atoms with Crippen molar-refractivity contribution < 1.29 is 19.5 Å². The zero-order valence-corrected chi connectivity index (χ0v) is 29.5. The van der Waals surface area contributed by atoms with E-state index < -0.39 is 6.04 Å². The molecule has 0 radical (unpaired) electrons. The number of carbonyl (C=O) groups excluding carboxylic acids is 3. The number of piperazine rings is 1. The van der Waals surface area contributed by atoms with Gasteiger partial charge >= 0.3 is 0 Å². The average Bonchev–Trinajstić information content (AvgIpc) is 3.46. The summed E-state index contributed by atoms with van der Waals surface area (Å²) in [5, 5.41) is 12.5. The maximum Gasteiger partial charge on any atom is 0.255 e. The average molecular weight is 688 g/mol. The topological polar surface area (TPSA) is 96.4 Å². The first kappa shape index (κ1) is 32.5. The van der Waals surface area contributed by atoms with Crippen LogP contribution in [0.25, 0.3) is 0 Å². The SMILES string of the molecule is O=C1CC[C@@H](N2Cc3cc(N4CCN(CC5CCN(c6ccc([C@@H]7c8ccc(O)cc8CCC78CCC8)cc6)CC5)CC4)ccc3C2=O)C(=O)N1. The predicted molar refractivity (Wildman–Crippen MR) is 197 cm³/mol. The molecule has 0 unspecified atom stereocenters. The number of aromatic hydroxyl groups is 1. The van der Waals surface area contributed by atoms with E-state index in [0.717, 1.165) is 63.5 Å².